The lowest BCUT2D eigenvalue weighted by Crippen LogP contribution is -2.46. The Balaban J connectivity index is 2.21. The van der Waals surface area contributed by atoms with Crippen molar-refractivity contribution in [2.45, 2.75) is 32.3 Å². The Hall–Kier alpha value is -0.540. The van der Waals surface area contributed by atoms with Gasteiger partial charge in [-0.1, -0.05) is 0 Å². The molecule has 2 aliphatic heterocycles. The monoisotopic (exact) mass is 228 g/mol. The van der Waals surface area contributed by atoms with Crippen molar-refractivity contribution in [1.29, 1.82) is 0 Å². The van der Waals surface area contributed by atoms with Crippen LogP contribution in [0.4, 0.5) is 0 Å². The molecule has 4 heteroatoms. The van der Waals surface area contributed by atoms with Crippen molar-refractivity contribution in [1.82, 2.24) is 4.90 Å². The van der Waals surface area contributed by atoms with Crippen LogP contribution < -0.4 is 0 Å². The topological polar surface area (TPSA) is 35.8 Å². The highest BCUT2D eigenvalue weighted by Crippen LogP contribution is 2.24. The summed E-state index contributed by atoms with van der Waals surface area (Å²) >= 11 is 5.75. The van der Waals surface area contributed by atoms with Crippen LogP contribution in [0.15, 0.2) is 16.3 Å². The third kappa shape index (κ3) is 2.18. The number of aliphatic imine (C=N–C) groups is 1. The number of allylic oxidation sites excluding steroid dienone is 1. The molecule has 1 fully saturated rings. The van der Waals surface area contributed by atoms with Crippen LogP contribution in [0.3, 0.4) is 0 Å². The number of piperidine rings is 1. The molecular formula is C11H17ClN2O. The molecule has 15 heavy (non-hydrogen) atoms. The fraction of sp³-hybridized carbons (Fsp3) is 0.727. The molecule has 0 aromatic rings. The second-order valence-corrected chi connectivity index (χ2v) is 4.56. The van der Waals surface area contributed by atoms with Gasteiger partial charge < -0.3 is 10.0 Å². The summed E-state index contributed by atoms with van der Waals surface area (Å²) in [6.45, 7) is 3.91. The fourth-order valence-electron chi connectivity index (χ4n) is 2.20. The fourth-order valence-corrected chi connectivity index (χ4v) is 2.43. The first-order valence-electron chi connectivity index (χ1n) is 5.48. The van der Waals surface area contributed by atoms with Crippen molar-refractivity contribution in [3.8, 4) is 0 Å². The molecule has 1 N–H and O–H groups in total. The van der Waals surface area contributed by atoms with Crippen LogP contribution in [0, 0.1) is 0 Å². The quantitative estimate of drug-likeness (QED) is 0.732. The zero-order valence-corrected chi connectivity index (χ0v) is 9.80. The number of hydrogen-bond acceptors (Lipinski definition) is 3. The van der Waals surface area contributed by atoms with E-state index in [1.165, 1.54) is 5.57 Å². The molecule has 0 amide bonds. The maximum atomic E-state index is 9.82. The lowest BCUT2D eigenvalue weighted by molar-refractivity contribution is 0.180. The van der Waals surface area contributed by atoms with Crippen molar-refractivity contribution >= 4 is 17.4 Å². The number of halogens is 1. The summed E-state index contributed by atoms with van der Waals surface area (Å²) in [7, 11) is 0. The van der Waals surface area contributed by atoms with Crippen LogP contribution in [-0.2, 0) is 0 Å². The number of nitrogens with zero attached hydrogens (tertiary/aromatic N) is 2. The Labute approximate surface area is 95.4 Å². The molecule has 1 atom stereocenters. The van der Waals surface area contributed by atoms with Crippen molar-refractivity contribution in [3.05, 3.63) is 11.3 Å². The maximum absolute atomic E-state index is 9.82. The Morgan fingerprint density at radius 1 is 1.60 bits per heavy atom. The molecule has 2 heterocycles. The van der Waals surface area contributed by atoms with E-state index in [0.717, 1.165) is 43.9 Å². The number of aliphatic hydroxyl groups is 1. The number of alkyl halides is 1. The van der Waals surface area contributed by atoms with Gasteiger partial charge in [-0.3, -0.25) is 0 Å². The van der Waals surface area contributed by atoms with Gasteiger partial charge in [0, 0.05) is 24.7 Å². The summed E-state index contributed by atoms with van der Waals surface area (Å²) in [5.41, 5.74) is 2.35. The molecule has 3 nitrogen and oxygen atoms in total. The van der Waals surface area contributed by atoms with E-state index in [-0.39, 0.29) is 6.10 Å². The molecule has 2 aliphatic rings. The van der Waals surface area contributed by atoms with Crippen LogP contribution in [0.1, 0.15) is 26.2 Å². The van der Waals surface area contributed by atoms with Gasteiger partial charge in [0.25, 0.3) is 0 Å². The summed E-state index contributed by atoms with van der Waals surface area (Å²) < 4.78 is 0. The van der Waals surface area contributed by atoms with Crippen LogP contribution in [0.5, 0.6) is 0 Å². The zero-order chi connectivity index (χ0) is 10.8. The first-order chi connectivity index (χ1) is 7.22. The standard InChI is InChI=1S/C11H17ClN2O/c1-8-9(4-5-12)7-14-6-2-3-10(15)11(14)13-8/h10,15H,2-7H2,1H3. The third-order valence-electron chi connectivity index (χ3n) is 3.10. The first kappa shape index (κ1) is 11.0. The van der Waals surface area contributed by atoms with Gasteiger partial charge in [-0.15, -0.1) is 11.6 Å². The molecule has 0 aliphatic carbocycles. The minimum Gasteiger partial charge on any atom is -0.385 e. The van der Waals surface area contributed by atoms with Crippen molar-refractivity contribution < 1.29 is 5.11 Å². The summed E-state index contributed by atoms with van der Waals surface area (Å²) in [5, 5.41) is 9.82. The van der Waals surface area contributed by atoms with Gasteiger partial charge >= 0.3 is 0 Å². The molecule has 0 aromatic carbocycles. The van der Waals surface area contributed by atoms with E-state index in [1.807, 2.05) is 6.92 Å². The molecule has 84 valence electrons. The van der Waals surface area contributed by atoms with Gasteiger partial charge in [0.1, 0.15) is 11.9 Å². The van der Waals surface area contributed by atoms with Crippen LogP contribution in [-0.4, -0.2) is 40.9 Å². The van der Waals surface area contributed by atoms with Gasteiger partial charge in [-0.2, -0.15) is 0 Å². The predicted molar refractivity (Wildman–Crippen MR) is 62.3 cm³/mol. The van der Waals surface area contributed by atoms with Crippen molar-refractivity contribution in [2.24, 2.45) is 4.99 Å². The second kappa shape index (κ2) is 4.54. The first-order valence-corrected chi connectivity index (χ1v) is 6.02. The second-order valence-electron chi connectivity index (χ2n) is 4.18. The van der Waals surface area contributed by atoms with Crippen LogP contribution in [0.25, 0.3) is 0 Å². The maximum Gasteiger partial charge on any atom is 0.134 e. The van der Waals surface area contributed by atoms with E-state index in [4.69, 9.17) is 11.6 Å². The van der Waals surface area contributed by atoms with E-state index in [1.54, 1.807) is 0 Å². The number of fused-ring (bicyclic) bond motifs is 1. The van der Waals surface area contributed by atoms with Crippen LogP contribution in [0.2, 0.25) is 0 Å². The zero-order valence-electron chi connectivity index (χ0n) is 9.04. The molecular weight excluding hydrogens is 212 g/mol. The van der Waals surface area contributed by atoms with E-state index >= 15 is 0 Å². The Morgan fingerprint density at radius 2 is 2.40 bits per heavy atom. The average Bonchev–Trinajstić information content (AvgIpc) is 2.21. The normalized spacial score (nSPS) is 26.5. The van der Waals surface area contributed by atoms with Gasteiger partial charge in [-0.05, 0) is 31.8 Å². The van der Waals surface area contributed by atoms with E-state index in [2.05, 4.69) is 9.89 Å². The van der Waals surface area contributed by atoms with Crippen LogP contribution >= 0.6 is 11.6 Å². The summed E-state index contributed by atoms with van der Waals surface area (Å²) in [6, 6.07) is 0. The highest BCUT2D eigenvalue weighted by Gasteiger charge is 2.28. The van der Waals surface area contributed by atoms with E-state index in [0.29, 0.717) is 5.88 Å². The molecule has 0 saturated carbocycles. The lowest BCUT2D eigenvalue weighted by Gasteiger charge is -2.37. The summed E-state index contributed by atoms with van der Waals surface area (Å²) in [4.78, 5) is 6.68. The third-order valence-corrected chi connectivity index (χ3v) is 3.29. The Bertz CT molecular complexity index is 312. The summed E-state index contributed by atoms with van der Waals surface area (Å²) in [6.07, 6.45) is 2.42. The van der Waals surface area contributed by atoms with E-state index < -0.39 is 0 Å². The van der Waals surface area contributed by atoms with Crippen molar-refractivity contribution in [2.75, 3.05) is 19.0 Å². The number of rotatable bonds is 2. The lowest BCUT2D eigenvalue weighted by atomic mass is 10.0. The van der Waals surface area contributed by atoms with Gasteiger partial charge in [-0.25, -0.2) is 4.99 Å². The molecule has 0 aromatic heterocycles. The number of amidine groups is 1. The SMILES string of the molecule is CC1=C(CCCl)CN2CCCC(O)C2=N1. The summed E-state index contributed by atoms with van der Waals surface area (Å²) in [5.74, 6) is 1.51. The predicted octanol–water partition coefficient (Wildman–Crippen LogP) is 1.76. The molecule has 0 spiro atoms. The highest BCUT2D eigenvalue weighted by molar-refractivity contribution is 6.18. The highest BCUT2D eigenvalue weighted by atomic mass is 35.5. The van der Waals surface area contributed by atoms with Gasteiger partial charge in [0.05, 0.1) is 0 Å². The Morgan fingerprint density at radius 3 is 3.13 bits per heavy atom. The minimum absolute atomic E-state index is 0.369. The molecule has 0 bridgehead atoms. The minimum atomic E-state index is -0.369. The number of aliphatic hydroxyl groups excluding tert-OH is 1. The average molecular weight is 229 g/mol. The number of hydrogen-bond donors (Lipinski definition) is 1. The largest absolute Gasteiger partial charge is 0.385 e. The van der Waals surface area contributed by atoms with Crippen molar-refractivity contribution in [3.63, 3.8) is 0 Å². The molecule has 1 unspecified atom stereocenters. The van der Waals surface area contributed by atoms with E-state index in [9.17, 15) is 5.11 Å². The molecule has 2 rings (SSSR count). The Kier molecular flexibility index (Phi) is 3.32. The van der Waals surface area contributed by atoms with Gasteiger partial charge in [0.2, 0.25) is 0 Å². The smallest absolute Gasteiger partial charge is 0.134 e. The van der Waals surface area contributed by atoms with Gasteiger partial charge in [0.15, 0.2) is 0 Å². The molecule has 1 saturated heterocycles. The molecule has 0 radical (unpaired) electrons.